The number of aliphatic hydroxyl groups is 2. The van der Waals surface area contributed by atoms with Gasteiger partial charge in [-0.1, -0.05) is 0 Å². The summed E-state index contributed by atoms with van der Waals surface area (Å²) in [5.74, 6) is 0. The Morgan fingerprint density at radius 1 is 1.55 bits per heavy atom. The van der Waals surface area contributed by atoms with Crippen molar-refractivity contribution < 1.29 is 10.2 Å². The minimum Gasteiger partial charge on any atom is -0.395 e. The highest BCUT2D eigenvalue weighted by atomic mass is 16.3. The Kier molecular flexibility index (Phi) is 2.87. The van der Waals surface area contributed by atoms with E-state index in [1.807, 2.05) is 6.92 Å². The molecule has 1 aliphatic carbocycles. The first-order valence-electron chi connectivity index (χ1n) is 4.23. The smallest absolute Gasteiger partial charge is 0.0771 e. The van der Waals surface area contributed by atoms with Crippen LogP contribution in [-0.4, -0.2) is 35.0 Å². The van der Waals surface area contributed by atoms with Crippen LogP contribution >= 0.6 is 0 Å². The highest BCUT2D eigenvalue weighted by Crippen LogP contribution is 2.30. The molecule has 66 valence electrons. The summed E-state index contributed by atoms with van der Waals surface area (Å²) in [6, 6.07) is 0.0969. The van der Waals surface area contributed by atoms with Crippen molar-refractivity contribution in [3.8, 4) is 0 Å². The second-order valence-electron chi connectivity index (χ2n) is 3.54. The van der Waals surface area contributed by atoms with E-state index in [4.69, 9.17) is 5.11 Å². The van der Waals surface area contributed by atoms with Crippen molar-refractivity contribution in [2.24, 2.45) is 0 Å². The summed E-state index contributed by atoms with van der Waals surface area (Å²) in [5.41, 5.74) is -0.469. The third-order valence-electron chi connectivity index (χ3n) is 2.34. The van der Waals surface area contributed by atoms with Crippen LogP contribution in [0.3, 0.4) is 0 Å². The lowest BCUT2D eigenvalue weighted by Gasteiger charge is -2.37. The maximum absolute atomic E-state index is 9.61. The number of nitrogens with one attached hydrogen (secondary N) is 1. The SMILES string of the molecule is CC(CO)NCC1(O)CCC1. The summed E-state index contributed by atoms with van der Waals surface area (Å²) in [5, 5.41) is 21.4. The molecular formula is C8H17NO2. The molecule has 1 aliphatic rings. The van der Waals surface area contributed by atoms with E-state index < -0.39 is 5.60 Å². The number of rotatable bonds is 4. The van der Waals surface area contributed by atoms with Crippen LogP contribution < -0.4 is 5.32 Å². The van der Waals surface area contributed by atoms with Crippen LogP contribution in [0.2, 0.25) is 0 Å². The first-order chi connectivity index (χ1) is 5.16. The van der Waals surface area contributed by atoms with E-state index in [1.165, 1.54) is 0 Å². The van der Waals surface area contributed by atoms with Crippen molar-refractivity contribution in [3.63, 3.8) is 0 Å². The standard InChI is InChI=1S/C8H17NO2/c1-7(5-10)9-6-8(11)3-2-4-8/h7,9-11H,2-6H2,1H3. The summed E-state index contributed by atoms with van der Waals surface area (Å²) < 4.78 is 0. The highest BCUT2D eigenvalue weighted by Gasteiger charge is 2.33. The molecule has 0 aromatic carbocycles. The lowest BCUT2D eigenvalue weighted by molar-refractivity contribution is -0.0338. The third kappa shape index (κ3) is 2.43. The summed E-state index contributed by atoms with van der Waals surface area (Å²) >= 11 is 0. The molecule has 3 N–H and O–H groups in total. The van der Waals surface area contributed by atoms with Gasteiger partial charge in [-0.25, -0.2) is 0 Å². The van der Waals surface area contributed by atoms with Gasteiger partial charge in [-0.05, 0) is 26.2 Å². The lowest BCUT2D eigenvalue weighted by Crippen LogP contribution is -2.49. The molecule has 0 aromatic rings. The molecule has 0 saturated heterocycles. The van der Waals surface area contributed by atoms with E-state index in [0.717, 1.165) is 19.3 Å². The molecule has 0 spiro atoms. The molecular weight excluding hydrogens is 142 g/mol. The second-order valence-corrected chi connectivity index (χ2v) is 3.54. The van der Waals surface area contributed by atoms with Crippen molar-refractivity contribution >= 4 is 0 Å². The Morgan fingerprint density at radius 3 is 2.55 bits per heavy atom. The summed E-state index contributed by atoms with van der Waals surface area (Å²) in [6.45, 7) is 2.66. The van der Waals surface area contributed by atoms with Crippen LogP contribution in [0.4, 0.5) is 0 Å². The van der Waals surface area contributed by atoms with E-state index in [0.29, 0.717) is 6.54 Å². The van der Waals surface area contributed by atoms with Gasteiger partial charge in [-0.2, -0.15) is 0 Å². The van der Waals surface area contributed by atoms with E-state index in [9.17, 15) is 5.11 Å². The zero-order valence-corrected chi connectivity index (χ0v) is 7.01. The first kappa shape index (κ1) is 8.97. The van der Waals surface area contributed by atoms with Gasteiger partial charge in [0.25, 0.3) is 0 Å². The van der Waals surface area contributed by atoms with Gasteiger partial charge in [-0.3, -0.25) is 0 Å². The van der Waals surface area contributed by atoms with Crippen molar-refractivity contribution in [2.45, 2.75) is 37.8 Å². The van der Waals surface area contributed by atoms with Crippen LogP contribution in [-0.2, 0) is 0 Å². The van der Waals surface area contributed by atoms with Gasteiger partial charge in [0.05, 0.1) is 12.2 Å². The van der Waals surface area contributed by atoms with Crippen LogP contribution in [0.5, 0.6) is 0 Å². The average molecular weight is 159 g/mol. The molecule has 1 saturated carbocycles. The highest BCUT2D eigenvalue weighted by molar-refractivity contribution is 4.89. The second kappa shape index (κ2) is 3.52. The van der Waals surface area contributed by atoms with E-state index in [1.54, 1.807) is 0 Å². The predicted octanol–water partition coefficient (Wildman–Crippen LogP) is -0.128. The van der Waals surface area contributed by atoms with E-state index in [2.05, 4.69) is 5.32 Å². The molecule has 3 nitrogen and oxygen atoms in total. The Labute approximate surface area is 67.4 Å². The molecule has 0 aliphatic heterocycles. The minimum absolute atomic E-state index is 0.0969. The monoisotopic (exact) mass is 159 g/mol. The number of hydrogen-bond acceptors (Lipinski definition) is 3. The van der Waals surface area contributed by atoms with Crippen molar-refractivity contribution in [3.05, 3.63) is 0 Å². The third-order valence-corrected chi connectivity index (χ3v) is 2.34. The predicted molar refractivity (Wildman–Crippen MR) is 43.4 cm³/mol. The Morgan fingerprint density at radius 2 is 2.18 bits per heavy atom. The van der Waals surface area contributed by atoms with Crippen molar-refractivity contribution in [2.75, 3.05) is 13.2 Å². The van der Waals surface area contributed by atoms with E-state index in [-0.39, 0.29) is 12.6 Å². The van der Waals surface area contributed by atoms with Crippen molar-refractivity contribution in [1.82, 2.24) is 5.32 Å². The maximum Gasteiger partial charge on any atom is 0.0771 e. The first-order valence-corrected chi connectivity index (χ1v) is 4.23. The van der Waals surface area contributed by atoms with Crippen molar-refractivity contribution in [1.29, 1.82) is 0 Å². The van der Waals surface area contributed by atoms with Gasteiger partial charge >= 0.3 is 0 Å². The maximum atomic E-state index is 9.61. The summed E-state index contributed by atoms with van der Waals surface area (Å²) in [4.78, 5) is 0. The summed E-state index contributed by atoms with van der Waals surface area (Å²) in [7, 11) is 0. The molecule has 1 unspecified atom stereocenters. The van der Waals surface area contributed by atoms with Gasteiger partial charge in [0.2, 0.25) is 0 Å². The zero-order chi connectivity index (χ0) is 8.32. The molecule has 3 heteroatoms. The quantitative estimate of drug-likeness (QED) is 0.535. The largest absolute Gasteiger partial charge is 0.395 e. The lowest BCUT2D eigenvalue weighted by atomic mass is 9.80. The summed E-state index contributed by atoms with van der Waals surface area (Å²) in [6.07, 6.45) is 2.93. The fraction of sp³-hybridized carbons (Fsp3) is 1.00. The molecule has 0 aromatic heterocycles. The number of aliphatic hydroxyl groups excluding tert-OH is 1. The zero-order valence-electron chi connectivity index (χ0n) is 7.01. The van der Waals surface area contributed by atoms with Crippen LogP contribution in [0.1, 0.15) is 26.2 Å². The number of hydrogen-bond donors (Lipinski definition) is 3. The van der Waals surface area contributed by atoms with Gasteiger partial charge in [0.1, 0.15) is 0 Å². The Hall–Kier alpha value is -0.120. The fourth-order valence-corrected chi connectivity index (χ4v) is 1.19. The average Bonchev–Trinajstić information content (AvgIpc) is 1.96. The van der Waals surface area contributed by atoms with E-state index >= 15 is 0 Å². The molecule has 0 heterocycles. The normalized spacial score (nSPS) is 24.3. The Bertz CT molecular complexity index is 123. The van der Waals surface area contributed by atoms with Gasteiger partial charge in [0.15, 0.2) is 0 Å². The molecule has 1 atom stereocenters. The van der Waals surface area contributed by atoms with Gasteiger partial charge < -0.3 is 15.5 Å². The van der Waals surface area contributed by atoms with Gasteiger partial charge in [0, 0.05) is 12.6 Å². The molecule has 1 fully saturated rings. The van der Waals surface area contributed by atoms with Crippen LogP contribution in [0, 0.1) is 0 Å². The van der Waals surface area contributed by atoms with Crippen LogP contribution in [0.15, 0.2) is 0 Å². The molecule has 0 bridgehead atoms. The molecule has 1 rings (SSSR count). The minimum atomic E-state index is -0.469. The van der Waals surface area contributed by atoms with Gasteiger partial charge in [-0.15, -0.1) is 0 Å². The Balaban J connectivity index is 2.11. The topological polar surface area (TPSA) is 52.5 Å². The fourth-order valence-electron chi connectivity index (χ4n) is 1.19. The van der Waals surface area contributed by atoms with Crippen LogP contribution in [0.25, 0.3) is 0 Å². The molecule has 0 amide bonds. The molecule has 0 radical (unpaired) electrons. The molecule has 11 heavy (non-hydrogen) atoms.